The van der Waals surface area contributed by atoms with Gasteiger partial charge in [0.05, 0.1) is 11.8 Å². The van der Waals surface area contributed by atoms with Crippen molar-refractivity contribution in [1.29, 1.82) is 0 Å². The molecule has 1 aromatic carbocycles. The van der Waals surface area contributed by atoms with Crippen LogP contribution in [0.4, 0.5) is 11.6 Å². The van der Waals surface area contributed by atoms with Crippen molar-refractivity contribution in [3.63, 3.8) is 0 Å². The molecule has 0 spiro atoms. The van der Waals surface area contributed by atoms with Gasteiger partial charge in [0.15, 0.2) is 17.9 Å². The molecule has 3 heterocycles. The highest BCUT2D eigenvalue weighted by Gasteiger charge is 2.23. The summed E-state index contributed by atoms with van der Waals surface area (Å²) < 4.78 is 11.3. The van der Waals surface area contributed by atoms with Crippen molar-refractivity contribution in [2.75, 3.05) is 23.7 Å². The fourth-order valence-corrected chi connectivity index (χ4v) is 5.64. The predicted octanol–water partition coefficient (Wildman–Crippen LogP) is 5.38. The summed E-state index contributed by atoms with van der Waals surface area (Å²) in [6.07, 6.45) is 9.60. The van der Waals surface area contributed by atoms with Crippen LogP contribution in [-0.2, 0) is 19.6 Å². The number of β-amino-alcohol motifs (C(OH)–C–C–N with tert-alkyl or cyclic N) is 1. The summed E-state index contributed by atoms with van der Waals surface area (Å²) in [5, 5.41) is 17.8. The molecule has 0 radical (unpaired) electrons. The fraction of sp³-hybridized carbons (Fsp3) is 0.531. The summed E-state index contributed by atoms with van der Waals surface area (Å²) in [6.45, 7) is 4.45. The predicted molar refractivity (Wildman–Crippen MR) is 168 cm³/mol. The molecule has 9 nitrogen and oxygen atoms in total. The third-order valence-electron chi connectivity index (χ3n) is 8.72. The van der Waals surface area contributed by atoms with Gasteiger partial charge in [-0.2, -0.15) is 13.5 Å². The smallest absolute Gasteiger partial charge is 0.181 e. The minimum Gasteiger partial charge on any atom is -0.486 e. The van der Waals surface area contributed by atoms with Crippen molar-refractivity contribution in [2.45, 2.75) is 96.1 Å². The third kappa shape index (κ3) is 7.65. The number of hydrogen-bond acceptors (Lipinski definition) is 9. The van der Waals surface area contributed by atoms with Gasteiger partial charge in [-0.3, -0.25) is 9.69 Å². The van der Waals surface area contributed by atoms with Gasteiger partial charge in [0.25, 0.3) is 0 Å². The van der Waals surface area contributed by atoms with E-state index >= 15 is 0 Å². The molecule has 10 heteroatoms. The number of benzene rings is 1. The molecule has 0 bridgehead atoms. The number of oxazole rings is 1. The van der Waals surface area contributed by atoms with Crippen LogP contribution in [0.3, 0.4) is 0 Å². The number of aryl methyl sites for hydroxylation is 1. The average molecular weight is 594 g/mol. The topological polar surface area (TPSA) is 113 Å². The van der Waals surface area contributed by atoms with E-state index in [0.717, 1.165) is 74.0 Å². The summed E-state index contributed by atoms with van der Waals surface area (Å²) in [7, 11) is 0. The average Bonchev–Trinajstić information content (AvgIpc) is 3.34. The largest absolute Gasteiger partial charge is 0.486 e. The Balaban J connectivity index is 0.00000353. The highest BCUT2D eigenvalue weighted by Crippen LogP contribution is 2.28. The molecule has 2 fully saturated rings. The van der Waals surface area contributed by atoms with E-state index in [-0.39, 0.29) is 19.3 Å². The number of aliphatic hydroxyl groups excluding tert-OH is 1. The van der Waals surface area contributed by atoms with Gasteiger partial charge >= 0.3 is 0 Å². The van der Waals surface area contributed by atoms with Crippen LogP contribution >= 0.6 is 13.5 Å². The Labute approximate surface area is 254 Å². The van der Waals surface area contributed by atoms with Crippen LogP contribution in [0.15, 0.2) is 41.1 Å². The number of rotatable bonds is 13. The van der Waals surface area contributed by atoms with E-state index in [1.165, 1.54) is 30.4 Å². The van der Waals surface area contributed by atoms with E-state index < -0.39 is 6.10 Å². The highest BCUT2D eigenvalue weighted by molar-refractivity contribution is 7.59. The number of aromatic nitrogens is 2. The number of nitrogens with one attached hydrogen (secondary N) is 2. The second-order valence-corrected chi connectivity index (χ2v) is 11.9. The zero-order valence-electron chi connectivity index (χ0n) is 24.4. The quantitative estimate of drug-likeness (QED) is 0.225. The zero-order chi connectivity index (χ0) is 28.2. The Kier molecular flexibility index (Phi) is 10.1. The maximum absolute atomic E-state index is 13.2. The van der Waals surface area contributed by atoms with Crippen LogP contribution in [0.1, 0.15) is 84.3 Å². The van der Waals surface area contributed by atoms with Crippen LogP contribution in [0.5, 0.6) is 5.75 Å². The van der Waals surface area contributed by atoms with Crippen molar-refractivity contribution < 1.29 is 19.1 Å². The van der Waals surface area contributed by atoms with Gasteiger partial charge in [-0.1, -0.05) is 6.07 Å². The number of aliphatic hydroxyl groups is 1. The van der Waals surface area contributed by atoms with Crippen LogP contribution < -0.4 is 15.4 Å². The molecule has 1 aliphatic heterocycles. The van der Waals surface area contributed by atoms with E-state index in [9.17, 15) is 9.90 Å². The lowest BCUT2D eigenvalue weighted by molar-refractivity contribution is 0.0836. The van der Waals surface area contributed by atoms with Gasteiger partial charge < -0.3 is 24.9 Å². The fourth-order valence-electron chi connectivity index (χ4n) is 5.64. The molecule has 1 atom stereocenters. The lowest BCUT2D eigenvalue weighted by atomic mass is 9.93. The molecular weight excluding hydrogens is 550 g/mol. The van der Waals surface area contributed by atoms with Gasteiger partial charge in [-0.05, 0) is 93.7 Å². The molecule has 3 aliphatic rings. The number of nitrogens with zero attached hydrogens (tertiary/aromatic N) is 3. The lowest BCUT2D eigenvalue weighted by Crippen LogP contribution is -2.36. The standard InChI is InChI=1S/C32H41N5O4.H2S/c1-21-30(41-20-33-21)19-40-28-10-8-23-17-37(13-12-22(23)14-28)18-27(38)9-11-29(39)24-15-31(34-25-4-2-5-25)36-32(16-24)35-26-6-3-7-26;/h8,10,14-16,20,25-27,38H,2-7,9,11-13,17-19H2,1H3,(H2,34,35,36);1H2/t27-;/m0./s1. The summed E-state index contributed by atoms with van der Waals surface area (Å²) in [5.41, 5.74) is 4.03. The van der Waals surface area contributed by atoms with Crippen molar-refractivity contribution in [2.24, 2.45) is 0 Å². The van der Waals surface area contributed by atoms with Crippen molar-refractivity contribution in [3.8, 4) is 5.75 Å². The van der Waals surface area contributed by atoms with Crippen LogP contribution in [0, 0.1) is 6.92 Å². The number of pyridine rings is 1. The van der Waals surface area contributed by atoms with Crippen LogP contribution in [0.25, 0.3) is 0 Å². The second kappa shape index (κ2) is 13.9. The van der Waals surface area contributed by atoms with Crippen LogP contribution in [-0.4, -0.2) is 57.0 Å². The second-order valence-electron chi connectivity index (χ2n) is 11.9. The molecule has 3 N–H and O–H groups in total. The molecule has 0 unspecified atom stereocenters. The van der Waals surface area contributed by atoms with E-state index in [1.54, 1.807) is 0 Å². The number of ether oxygens (including phenoxy) is 1. The Morgan fingerprint density at radius 2 is 1.81 bits per heavy atom. The van der Waals surface area contributed by atoms with Crippen molar-refractivity contribution in [1.82, 2.24) is 14.9 Å². The van der Waals surface area contributed by atoms with Gasteiger partial charge in [0.1, 0.15) is 24.0 Å². The number of fused-ring (bicyclic) bond motifs is 1. The zero-order valence-corrected chi connectivity index (χ0v) is 25.4. The molecule has 3 aromatic rings. The van der Waals surface area contributed by atoms with Gasteiger partial charge in [0.2, 0.25) is 0 Å². The Hall–Kier alpha value is -3.08. The SMILES string of the molecule is Cc1ncoc1COc1ccc2c(c1)CCN(C[C@@H](O)CCC(=O)c1cc(NC3CCC3)nc(NC3CCC3)c1)C2.S. The highest BCUT2D eigenvalue weighted by atomic mass is 32.1. The monoisotopic (exact) mass is 593 g/mol. The molecule has 6 rings (SSSR count). The number of ketones is 1. The molecule has 0 saturated heterocycles. The molecule has 226 valence electrons. The first-order valence-corrected chi connectivity index (χ1v) is 15.1. The van der Waals surface area contributed by atoms with E-state index in [2.05, 4.69) is 32.7 Å². The first kappa shape index (κ1) is 30.4. The molecule has 0 amide bonds. The number of hydrogen-bond donors (Lipinski definition) is 3. The molecule has 2 aliphatic carbocycles. The first-order chi connectivity index (χ1) is 20.0. The minimum atomic E-state index is -0.560. The normalized spacial score (nSPS) is 17.8. The first-order valence-electron chi connectivity index (χ1n) is 15.1. The van der Waals surface area contributed by atoms with E-state index in [1.807, 2.05) is 25.1 Å². The Morgan fingerprint density at radius 3 is 2.43 bits per heavy atom. The van der Waals surface area contributed by atoms with Gasteiger partial charge in [-0.25, -0.2) is 9.97 Å². The Morgan fingerprint density at radius 1 is 1.10 bits per heavy atom. The van der Waals surface area contributed by atoms with E-state index in [0.29, 0.717) is 43.6 Å². The maximum atomic E-state index is 13.2. The number of Topliss-reactive ketones (excluding diaryl/α,β-unsaturated/α-hetero) is 1. The van der Waals surface area contributed by atoms with Gasteiger partial charge in [0, 0.05) is 43.7 Å². The number of carbonyl (C=O) groups excluding carboxylic acids is 1. The molecule has 42 heavy (non-hydrogen) atoms. The number of anilines is 2. The maximum Gasteiger partial charge on any atom is 0.181 e. The molecular formula is C32H43N5O4S. The van der Waals surface area contributed by atoms with Crippen LogP contribution in [0.2, 0.25) is 0 Å². The lowest BCUT2D eigenvalue weighted by Gasteiger charge is -2.30. The summed E-state index contributed by atoms with van der Waals surface area (Å²) in [6, 6.07) is 10.8. The summed E-state index contributed by atoms with van der Waals surface area (Å²) in [4.78, 5) is 24.3. The van der Waals surface area contributed by atoms with Gasteiger partial charge in [-0.15, -0.1) is 0 Å². The van der Waals surface area contributed by atoms with Crippen molar-refractivity contribution >= 4 is 30.9 Å². The summed E-state index contributed by atoms with van der Waals surface area (Å²) in [5.74, 6) is 3.16. The Bertz CT molecular complexity index is 1320. The molecule has 2 aromatic heterocycles. The minimum absolute atomic E-state index is 0. The molecule has 2 saturated carbocycles. The third-order valence-corrected chi connectivity index (χ3v) is 8.72. The number of carbonyl (C=O) groups is 1. The van der Waals surface area contributed by atoms with E-state index in [4.69, 9.17) is 14.1 Å². The van der Waals surface area contributed by atoms with Crippen molar-refractivity contribution in [3.05, 3.63) is 64.9 Å². The summed E-state index contributed by atoms with van der Waals surface area (Å²) >= 11 is 0.